The van der Waals surface area contributed by atoms with Gasteiger partial charge in [0, 0.05) is 15.5 Å². The molecule has 0 spiro atoms. The fourth-order valence-corrected chi connectivity index (χ4v) is 5.27. The van der Waals surface area contributed by atoms with E-state index in [2.05, 4.69) is 99.6 Å². The first-order chi connectivity index (χ1) is 11.3. The molecular formula is C20H16INS. The molecule has 0 unspecified atom stereocenters. The largest absolute Gasteiger partial charge is 0.282 e. The molecule has 23 heavy (non-hydrogen) atoms. The Morgan fingerprint density at radius 2 is 1.52 bits per heavy atom. The fraction of sp³-hybridized carbons (Fsp3) is 0.100. The molecule has 0 saturated carbocycles. The molecule has 1 aromatic heterocycles. The number of anilines is 2. The predicted octanol–water partition coefficient (Wildman–Crippen LogP) is 7.11. The minimum atomic E-state index is 1.08. The van der Waals surface area contributed by atoms with Crippen LogP contribution in [0.15, 0.2) is 66.7 Å². The van der Waals surface area contributed by atoms with Gasteiger partial charge in [-0.15, -0.1) is 11.3 Å². The molecule has 3 heteroatoms. The zero-order valence-corrected chi connectivity index (χ0v) is 15.8. The van der Waals surface area contributed by atoms with Crippen LogP contribution in [0.3, 0.4) is 0 Å². The molecule has 0 fully saturated rings. The Morgan fingerprint density at radius 3 is 2.26 bits per heavy atom. The second kappa shape index (κ2) is 6.13. The van der Waals surface area contributed by atoms with Crippen LogP contribution in [0.4, 0.5) is 11.4 Å². The number of para-hydroxylation sites is 1. The smallest absolute Gasteiger partial charge is 0.0689 e. The highest BCUT2D eigenvalue weighted by Gasteiger charge is 2.14. The second-order valence-electron chi connectivity index (χ2n) is 5.52. The maximum atomic E-state index is 2.40. The van der Waals surface area contributed by atoms with Gasteiger partial charge in [0.1, 0.15) is 0 Å². The topological polar surface area (TPSA) is 3.24 Å². The normalized spacial score (nSPS) is 11.2. The number of hydrogen-bond acceptors (Lipinski definition) is 2. The van der Waals surface area contributed by atoms with Crippen molar-refractivity contribution in [2.75, 3.05) is 3.11 Å². The molecule has 4 aromatic rings. The zero-order valence-electron chi connectivity index (χ0n) is 12.8. The highest BCUT2D eigenvalue weighted by molar-refractivity contribution is 14.1. The summed E-state index contributed by atoms with van der Waals surface area (Å²) >= 11 is 4.32. The van der Waals surface area contributed by atoms with Crippen molar-refractivity contribution < 1.29 is 0 Å². The van der Waals surface area contributed by atoms with Crippen LogP contribution in [0, 0.1) is 0 Å². The van der Waals surface area contributed by atoms with Gasteiger partial charge >= 0.3 is 0 Å². The molecule has 0 radical (unpaired) electrons. The average molecular weight is 429 g/mol. The van der Waals surface area contributed by atoms with Gasteiger partial charge in [0.05, 0.1) is 38.9 Å². The van der Waals surface area contributed by atoms with Gasteiger partial charge in [-0.2, -0.15) is 0 Å². The molecule has 0 aliphatic rings. The number of fused-ring (bicyclic) bond motifs is 3. The van der Waals surface area contributed by atoms with Crippen molar-refractivity contribution in [3.05, 3.63) is 72.3 Å². The fourth-order valence-electron chi connectivity index (χ4n) is 2.99. The molecule has 3 aromatic carbocycles. The van der Waals surface area contributed by atoms with Crippen LogP contribution < -0.4 is 3.11 Å². The first-order valence-corrected chi connectivity index (χ1v) is 9.52. The van der Waals surface area contributed by atoms with E-state index < -0.39 is 0 Å². The van der Waals surface area contributed by atoms with Crippen molar-refractivity contribution in [1.29, 1.82) is 0 Å². The molecular weight excluding hydrogens is 413 g/mol. The maximum absolute atomic E-state index is 2.40. The van der Waals surface area contributed by atoms with Gasteiger partial charge in [-0.25, -0.2) is 0 Å². The van der Waals surface area contributed by atoms with Crippen LogP contribution >= 0.6 is 34.2 Å². The lowest BCUT2D eigenvalue weighted by Gasteiger charge is -2.17. The first kappa shape index (κ1) is 15.0. The third-order valence-electron chi connectivity index (χ3n) is 4.16. The highest BCUT2D eigenvalue weighted by atomic mass is 127. The maximum Gasteiger partial charge on any atom is 0.0689 e. The minimum absolute atomic E-state index is 1.08. The van der Waals surface area contributed by atoms with E-state index in [-0.39, 0.29) is 0 Å². The predicted molar refractivity (Wildman–Crippen MR) is 111 cm³/mol. The zero-order chi connectivity index (χ0) is 15.8. The minimum Gasteiger partial charge on any atom is -0.282 e. The van der Waals surface area contributed by atoms with E-state index in [0.29, 0.717) is 0 Å². The Balaban J connectivity index is 1.98. The Kier molecular flexibility index (Phi) is 3.99. The van der Waals surface area contributed by atoms with Crippen molar-refractivity contribution in [2.45, 2.75) is 13.3 Å². The van der Waals surface area contributed by atoms with Gasteiger partial charge < -0.3 is 0 Å². The Bertz CT molecular complexity index is 975. The van der Waals surface area contributed by atoms with E-state index in [1.807, 2.05) is 11.3 Å². The summed E-state index contributed by atoms with van der Waals surface area (Å²) in [6.45, 7) is 2.23. The molecule has 114 valence electrons. The van der Waals surface area contributed by atoms with Gasteiger partial charge in [-0.1, -0.05) is 55.5 Å². The number of benzene rings is 3. The second-order valence-corrected chi connectivity index (χ2v) is 7.51. The number of halogens is 1. The third kappa shape index (κ3) is 2.52. The van der Waals surface area contributed by atoms with Gasteiger partial charge in [0.15, 0.2) is 0 Å². The van der Waals surface area contributed by atoms with E-state index in [1.165, 1.54) is 37.1 Å². The molecule has 0 atom stereocenters. The lowest BCUT2D eigenvalue weighted by molar-refractivity contribution is 1.16. The number of rotatable bonds is 3. The molecule has 1 nitrogen and oxygen atoms in total. The van der Waals surface area contributed by atoms with Gasteiger partial charge in [0.2, 0.25) is 0 Å². The van der Waals surface area contributed by atoms with E-state index in [0.717, 1.165) is 6.42 Å². The standard InChI is InChI=1S/C20H16INS/c1-2-14-8-6-11-16-17-12-7-13-18(20(17)23-19(14)16)22(21)15-9-4-3-5-10-15/h3-13H,2H2,1H3. The van der Waals surface area contributed by atoms with Crippen LogP contribution in [0.25, 0.3) is 20.2 Å². The summed E-state index contributed by atoms with van der Waals surface area (Å²) in [5.74, 6) is 0. The Labute approximate surface area is 154 Å². The van der Waals surface area contributed by atoms with E-state index in [9.17, 15) is 0 Å². The molecule has 0 N–H and O–H groups in total. The molecule has 0 aliphatic carbocycles. The molecule has 1 heterocycles. The number of hydrogen-bond donors (Lipinski definition) is 0. The van der Waals surface area contributed by atoms with Crippen molar-refractivity contribution in [3.8, 4) is 0 Å². The summed E-state index contributed by atoms with van der Waals surface area (Å²) in [6.07, 6.45) is 1.08. The summed E-state index contributed by atoms with van der Waals surface area (Å²) in [6, 6.07) is 23.8. The molecule has 0 aliphatic heterocycles. The summed E-state index contributed by atoms with van der Waals surface area (Å²) < 4.78 is 5.04. The van der Waals surface area contributed by atoms with Crippen molar-refractivity contribution in [1.82, 2.24) is 0 Å². The average Bonchev–Trinajstić information content (AvgIpc) is 3.00. The SMILES string of the molecule is CCc1cccc2c1sc1c(N(I)c3ccccc3)cccc12. The van der Waals surface area contributed by atoms with Gasteiger partial charge in [-0.05, 0) is 30.2 Å². The molecule has 0 amide bonds. The molecule has 4 rings (SSSR count). The van der Waals surface area contributed by atoms with E-state index >= 15 is 0 Å². The lowest BCUT2D eigenvalue weighted by atomic mass is 10.1. The van der Waals surface area contributed by atoms with Gasteiger partial charge in [-0.3, -0.25) is 3.11 Å². The first-order valence-electron chi connectivity index (χ1n) is 7.73. The van der Waals surface area contributed by atoms with Crippen molar-refractivity contribution in [2.24, 2.45) is 0 Å². The summed E-state index contributed by atoms with van der Waals surface area (Å²) in [4.78, 5) is 0. The van der Waals surface area contributed by atoms with Crippen molar-refractivity contribution >= 4 is 65.7 Å². The number of nitrogens with zero attached hydrogens (tertiary/aromatic N) is 1. The third-order valence-corrected chi connectivity index (χ3v) is 6.56. The summed E-state index contributed by atoms with van der Waals surface area (Å²) in [5.41, 5.74) is 3.90. The molecule has 0 bridgehead atoms. The quantitative estimate of drug-likeness (QED) is 0.248. The Morgan fingerprint density at radius 1 is 0.826 bits per heavy atom. The van der Waals surface area contributed by atoms with Crippen LogP contribution in [0.5, 0.6) is 0 Å². The summed E-state index contributed by atoms with van der Waals surface area (Å²) in [7, 11) is 0. The summed E-state index contributed by atoms with van der Waals surface area (Å²) in [5, 5.41) is 2.74. The molecule has 0 saturated heterocycles. The number of thiophene rings is 1. The van der Waals surface area contributed by atoms with E-state index in [1.54, 1.807) is 0 Å². The van der Waals surface area contributed by atoms with Crippen molar-refractivity contribution in [3.63, 3.8) is 0 Å². The van der Waals surface area contributed by atoms with Crippen LogP contribution in [-0.2, 0) is 6.42 Å². The van der Waals surface area contributed by atoms with Crippen LogP contribution in [-0.4, -0.2) is 0 Å². The van der Waals surface area contributed by atoms with Crippen LogP contribution in [0.2, 0.25) is 0 Å². The van der Waals surface area contributed by atoms with Crippen LogP contribution in [0.1, 0.15) is 12.5 Å². The van der Waals surface area contributed by atoms with E-state index in [4.69, 9.17) is 0 Å². The monoisotopic (exact) mass is 429 g/mol. The van der Waals surface area contributed by atoms with Gasteiger partial charge in [0.25, 0.3) is 0 Å². The Hall–Kier alpha value is -1.59. The number of aryl methyl sites for hydroxylation is 1. The highest BCUT2D eigenvalue weighted by Crippen LogP contribution is 2.43. The lowest BCUT2D eigenvalue weighted by Crippen LogP contribution is -2.00.